The van der Waals surface area contributed by atoms with Crippen molar-refractivity contribution in [3.05, 3.63) is 151 Å². The molecule has 48 heavy (non-hydrogen) atoms. The number of fused-ring (bicyclic) bond motifs is 1. The molecule has 1 aliphatic heterocycles. The quantitative estimate of drug-likeness (QED) is 0.106. The molecule has 4 aromatic carbocycles. The molecular weight excluding hydrogens is 874 g/mol. The van der Waals surface area contributed by atoms with Crippen LogP contribution in [0.1, 0.15) is 42.1 Å². The van der Waals surface area contributed by atoms with Crippen LogP contribution in [0.2, 0.25) is 5.02 Å². The van der Waals surface area contributed by atoms with E-state index in [1.54, 1.807) is 11.5 Å². The Labute approximate surface area is 313 Å². The molecule has 0 fully saturated rings. The van der Waals surface area contributed by atoms with Crippen molar-refractivity contribution in [3.63, 3.8) is 0 Å². The van der Waals surface area contributed by atoms with Crippen LogP contribution in [0.3, 0.4) is 0 Å². The Morgan fingerprint density at radius 3 is 2.38 bits per heavy atom. The van der Waals surface area contributed by atoms with Gasteiger partial charge in [0.25, 0.3) is 5.56 Å². The summed E-state index contributed by atoms with van der Waals surface area (Å²) in [7, 11) is 0. The van der Waals surface area contributed by atoms with Gasteiger partial charge < -0.3 is 14.2 Å². The Hall–Kier alpha value is -3.46. The van der Waals surface area contributed by atoms with Crippen LogP contribution in [-0.2, 0) is 16.1 Å². The van der Waals surface area contributed by atoms with E-state index < -0.39 is 12.0 Å². The average Bonchev–Trinajstić information content (AvgIpc) is 3.39. The molecule has 2 heterocycles. The highest BCUT2D eigenvalue weighted by Crippen LogP contribution is 2.36. The third-order valence-electron chi connectivity index (χ3n) is 7.50. The summed E-state index contributed by atoms with van der Waals surface area (Å²) in [5.41, 5.74) is 3.69. The molecule has 6 rings (SSSR count). The molecule has 0 radical (unpaired) electrons. The number of nitrogens with zero attached hydrogens (tertiary/aromatic N) is 2. The third kappa shape index (κ3) is 7.41. The first-order valence-electron chi connectivity index (χ1n) is 15.1. The van der Waals surface area contributed by atoms with E-state index in [2.05, 4.69) is 45.2 Å². The second-order valence-electron chi connectivity index (χ2n) is 10.7. The maximum Gasteiger partial charge on any atom is 0.338 e. The van der Waals surface area contributed by atoms with E-state index in [9.17, 15) is 9.59 Å². The van der Waals surface area contributed by atoms with E-state index in [-0.39, 0.29) is 12.2 Å². The summed E-state index contributed by atoms with van der Waals surface area (Å²) in [6.07, 6.45) is 1.84. The number of benzene rings is 4. The topological polar surface area (TPSA) is 79.1 Å². The summed E-state index contributed by atoms with van der Waals surface area (Å²) >= 11 is 11.9. The van der Waals surface area contributed by atoms with Gasteiger partial charge in [-0.15, -0.1) is 0 Å². The zero-order valence-electron chi connectivity index (χ0n) is 25.9. The minimum Gasteiger partial charge on any atom is -0.494 e. The smallest absolute Gasteiger partial charge is 0.338 e. The average molecular weight is 903 g/mol. The summed E-state index contributed by atoms with van der Waals surface area (Å²) in [5.74, 6) is 0.827. The third-order valence-corrected chi connectivity index (χ3v) is 10.2. The summed E-state index contributed by atoms with van der Waals surface area (Å²) in [6, 6.07) is 27.7. The zero-order chi connectivity index (χ0) is 33.8. The lowest BCUT2D eigenvalue weighted by Crippen LogP contribution is -2.40. The number of aromatic nitrogens is 1. The Bertz CT molecular complexity index is 2180. The van der Waals surface area contributed by atoms with Gasteiger partial charge in [-0.2, -0.15) is 0 Å². The van der Waals surface area contributed by atoms with E-state index in [1.165, 1.54) is 11.3 Å². The predicted molar refractivity (Wildman–Crippen MR) is 206 cm³/mol. The van der Waals surface area contributed by atoms with Gasteiger partial charge >= 0.3 is 5.97 Å². The van der Waals surface area contributed by atoms with Gasteiger partial charge in [-0.25, -0.2) is 9.79 Å². The number of esters is 1. The molecule has 11 heteroatoms. The molecule has 1 aromatic heterocycles. The van der Waals surface area contributed by atoms with Crippen molar-refractivity contribution in [2.75, 3.05) is 13.2 Å². The highest BCUT2D eigenvalue weighted by molar-refractivity contribution is 14.1. The minimum atomic E-state index is -0.787. The van der Waals surface area contributed by atoms with Gasteiger partial charge in [0.05, 0.1) is 38.6 Å². The van der Waals surface area contributed by atoms with Crippen molar-refractivity contribution >= 4 is 85.9 Å². The molecule has 7 nitrogen and oxygen atoms in total. The first kappa shape index (κ1) is 34.4. The number of carbonyl (C=O) groups excluding carboxylic acids is 1. The van der Waals surface area contributed by atoms with Crippen molar-refractivity contribution in [1.29, 1.82) is 0 Å². The molecule has 0 unspecified atom stereocenters. The summed E-state index contributed by atoms with van der Waals surface area (Å²) in [4.78, 5) is 33.7. The lowest BCUT2D eigenvalue weighted by Gasteiger charge is -2.26. The molecule has 244 valence electrons. The lowest BCUT2D eigenvalue weighted by molar-refractivity contribution is -0.138. The Morgan fingerprint density at radius 2 is 1.69 bits per heavy atom. The molecule has 0 amide bonds. The molecule has 1 atom stereocenters. The maximum absolute atomic E-state index is 14.5. The van der Waals surface area contributed by atoms with Gasteiger partial charge in [0, 0.05) is 19.7 Å². The molecule has 5 aromatic rings. The zero-order valence-corrected chi connectivity index (χ0v) is 31.8. The molecule has 0 saturated heterocycles. The fourth-order valence-corrected chi connectivity index (χ4v) is 8.55. The predicted octanol–water partition coefficient (Wildman–Crippen LogP) is 7.78. The molecule has 0 saturated carbocycles. The summed E-state index contributed by atoms with van der Waals surface area (Å²) < 4.78 is 21.6. The molecule has 1 aliphatic rings. The number of ether oxygens (including phenoxy) is 3. The largest absolute Gasteiger partial charge is 0.494 e. The highest BCUT2D eigenvalue weighted by Gasteiger charge is 2.35. The van der Waals surface area contributed by atoms with E-state index in [0.29, 0.717) is 50.3 Å². The fraction of sp³-hybridized carbons (Fsp3) is 0.162. The van der Waals surface area contributed by atoms with Gasteiger partial charge in [-0.05, 0) is 113 Å². The number of carbonyl (C=O) groups is 1. The fourth-order valence-electron chi connectivity index (χ4n) is 5.39. The van der Waals surface area contributed by atoms with Crippen molar-refractivity contribution in [2.24, 2.45) is 4.99 Å². The van der Waals surface area contributed by atoms with Gasteiger partial charge in [0.2, 0.25) is 0 Å². The second-order valence-corrected chi connectivity index (χ2v) is 14.5. The number of halogens is 3. The maximum atomic E-state index is 14.5. The Balaban J connectivity index is 1.55. The number of thiazole rings is 1. The van der Waals surface area contributed by atoms with E-state index in [4.69, 9.17) is 30.8 Å². The van der Waals surface area contributed by atoms with Crippen LogP contribution in [-0.4, -0.2) is 23.8 Å². The monoisotopic (exact) mass is 902 g/mol. The molecule has 0 spiro atoms. The summed E-state index contributed by atoms with van der Waals surface area (Å²) in [5, 5.41) is 0.656. The first-order chi connectivity index (χ1) is 23.3. The van der Waals surface area contributed by atoms with Crippen molar-refractivity contribution in [1.82, 2.24) is 4.57 Å². The van der Waals surface area contributed by atoms with Crippen molar-refractivity contribution in [2.45, 2.75) is 26.5 Å². The normalized spacial score (nSPS) is 14.4. The van der Waals surface area contributed by atoms with Crippen molar-refractivity contribution < 1.29 is 19.0 Å². The van der Waals surface area contributed by atoms with Gasteiger partial charge in [0.1, 0.15) is 18.1 Å². The van der Waals surface area contributed by atoms with Crippen LogP contribution in [0.5, 0.6) is 11.5 Å². The van der Waals surface area contributed by atoms with E-state index in [0.717, 1.165) is 29.4 Å². The minimum absolute atomic E-state index is 0.175. The summed E-state index contributed by atoms with van der Waals surface area (Å²) in [6.45, 7) is 4.70. The SMILES string of the molecule is CCOC(=O)C1=C(c2ccccc2)N=c2s/c(=C\c3cc(I)cc(I)c3OCc3ccc(Cl)cc3)c(=O)n2[C@H]1c1ccc(OCC)cc1. The van der Waals surface area contributed by atoms with E-state index >= 15 is 0 Å². The molecular formula is C37H29ClI2N2O5S. The first-order valence-corrected chi connectivity index (χ1v) is 18.5. The Morgan fingerprint density at radius 1 is 0.958 bits per heavy atom. The number of rotatable bonds is 10. The number of hydrogen-bond acceptors (Lipinski definition) is 7. The second kappa shape index (κ2) is 15.4. The van der Waals surface area contributed by atoms with E-state index in [1.807, 2.05) is 104 Å². The van der Waals surface area contributed by atoms with Gasteiger partial charge in [-0.1, -0.05) is 77.5 Å². The molecule has 0 aliphatic carbocycles. The highest BCUT2D eigenvalue weighted by atomic mass is 127. The standard InChI is InChI=1S/C37H29ClI2N2O5S/c1-3-45-28-16-12-24(13-17-28)33-31(36(44)46-4-2)32(23-8-6-5-7-9-23)41-37-42(33)35(43)30(48-37)19-25-18-27(39)20-29(40)34(25)47-21-22-10-14-26(38)15-11-22/h5-20,33H,3-4,21H2,1-2H3/b30-19-/t33-/m0/s1. The van der Waals surface area contributed by atoms with Crippen LogP contribution in [0, 0.1) is 7.14 Å². The van der Waals surface area contributed by atoms with Crippen LogP contribution in [0.4, 0.5) is 0 Å². The van der Waals surface area contributed by atoms with Crippen LogP contribution in [0.25, 0.3) is 11.8 Å². The molecule has 0 bridgehead atoms. The lowest BCUT2D eigenvalue weighted by atomic mass is 9.93. The van der Waals surface area contributed by atoms with Crippen LogP contribution in [0.15, 0.2) is 106 Å². The van der Waals surface area contributed by atoms with Gasteiger partial charge in [-0.3, -0.25) is 9.36 Å². The van der Waals surface area contributed by atoms with Crippen molar-refractivity contribution in [3.8, 4) is 11.5 Å². The van der Waals surface area contributed by atoms with Crippen LogP contribution >= 0.6 is 68.1 Å². The van der Waals surface area contributed by atoms with Gasteiger partial charge in [0.15, 0.2) is 4.80 Å². The number of hydrogen-bond donors (Lipinski definition) is 0. The molecule has 0 N–H and O–H groups in total. The Kier molecular flexibility index (Phi) is 11.0. The van der Waals surface area contributed by atoms with Crippen LogP contribution < -0.4 is 24.4 Å².